The van der Waals surface area contributed by atoms with E-state index in [1.807, 2.05) is 11.8 Å². The molecular weight excluding hydrogens is 328 g/mol. The molecule has 1 aliphatic carbocycles. The monoisotopic (exact) mass is 346 g/mol. The fourth-order valence-electron chi connectivity index (χ4n) is 2.40. The van der Waals surface area contributed by atoms with E-state index < -0.39 is 0 Å². The van der Waals surface area contributed by atoms with Crippen LogP contribution in [-0.4, -0.2) is 15.7 Å². The molecule has 0 amide bonds. The molecule has 100 valence electrons. The maximum atomic E-state index is 5.36. The molecule has 0 radical (unpaired) electrons. The highest BCUT2D eigenvalue weighted by molar-refractivity contribution is 9.10. The Kier molecular flexibility index (Phi) is 5.70. The summed E-state index contributed by atoms with van der Waals surface area (Å²) in [6, 6.07) is 0. The molecule has 1 aromatic rings. The average Bonchev–Trinajstić information content (AvgIpc) is 2.87. The highest BCUT2D eigenvalue weighted by Crippen LogP contribution is 2.36. The summed E-state index contributed by atoms with van der Waals surface area (Å²) in [4.78, 5) is 7.98. The molecule has 1 aliphatic rings. The fraction of sp³-hybridized carbons (Fsp3) is 0.692. The summed E-state index contributed by atoms with van der Waals surface area (Å²) in [5.74, 6) is 3.78. The standard InChI is InChI=1S/C13H19BrN2S2/c1-2-7-18-8-10-15-12(9-5-3-4-6-9)11(14)13(17)16-10/h9H,2-8H2,1H3,(H,15,16,17). The third-order valence-electron chi connectivity index (χ3n) is 3.29. The van der Waals surface area contributed by atoms with E-state index in [1.165, 1.54) is 43.6 Å². The minimum absolute atomic E-state index is 0.638. The molecule has 18 heavy (non-hydrogen) atoms. The van der Waals surface area contributed by atoms with Crippen molar-refractivity contribution in [1.82, 2.24) is 9.97 Å². The third-order valence-corrected chi connectivity index (χ3v) is 5.83. The van der Waals surface area contributed by atoms with Crippen molar-refractivity contribution in [3.63, 3.8) is 0 Å². The minimum atomic E-state index is 0.638. The van der Waals surface area contributed by atoms with Gasteiger partial charge in [-0.05, 0) is 40.9 Å². The first-order valence-corrected chi connectivity index (χ1v) is 8.94. The number of H-pyrrole nitrogens is 1. The Balaban J connectivity index is 2.19. The molecule has 0 unspecified atom stereocenters. The molecule has 2 nitrogen and oxygen atoms in total. The van der Waals surface area contributed by atoms with E-state index in [0.29, 0.717) is 10.6 Å². The maximum absolute atomic E-state index is 5.36. The molecular formula is C13H19BrN2S2. The van der Waals surface area contributed by atoms with Gasteiger partial charge in [-0.25, -0.2) is 4.98 Å². The second-order valence-electron chi connectivity index (χ2n) is 4.75. The number of aromatic nitrogens is 2. The molecule has 0 bridgehead atoms. The molecule has 1 N–H and O–H groups in total. The van der Waals surface area contributed by atoms with Gasteiger partial charge in [-0.15, -0.1) is 0 Å². The van der Waals surface area contributed by atoms with Gasteiger partial charge >= 0.3 is 0 Å². The molecule has 1 fully saturated rings. The Labute approximate surface area is 126 Å². The Morgan fingerprint density at radius 1 is 1.44 bits per heavy atom. The van der Waals surface area contributed by atoms with Crippen LogP contribution in [0.1, 0.15) is 56.5 Å². The molecule has 0 atom stereocenters. The number of hydrogen-bond acceptors (Lipinski definition) is 3. The normalized spacial score (nSPS) is 16.3. The zero-order chi connectivity index (χ0) is 13.0. The zero-order valence-corrected chi connectivity index (χ0v) is 13.9. The SMILES string of the molecule is CCCSCc1nc(=S)c(Br)c(C2CCCC2)[nH]1. The van der Waals surface area contributed by atoms with Crippen LogP contribution in [0.5, 0.6) is 0 Å². The van der Waals surface area contributed by atoms with Gasteiger partial charge in [0, 0.05) is 11.6 Å². The summed E-state index contributed by atoms with van der Waals surface area (Å²) in [5.41, 5.74) is 1.28. The second-order valence-corrected chi connectivity index (χ2v) is 7.04. The Hall–Kier alpha value is 0.130. The van der Waals surface area contributed by atoms with Gasteiger partial charge in [0.2, 0.25) is 0 Å². The summed E-state index contributed by atoms with van der Waals surface area (Å²) < 4.78 is 1.72. The third kappa shape index (κ3) is 3.58. The number of rotatable bonds is 5. The van der Waals surface area contributed by atoms with Crippen LogP contribution in [0.25, 0.3) is 0 Å². The topological polar surface area (TPSA) is 28.7 Å². The summed E-state index contributed by atoms with van der Waals surface area (Å²) in [5, 5.41) is 0. The van der Waals surface area contributed by atoms with Gasteiger partial charge in [0.15, 0.2) is 0 Å². The van der Waals surface area contributed by atoms with Crippen molar-refractivity contribution < 1.29 is 0 Å². The minimum Gasteiger partial charge on any atom is -0.345 e. The Morgan fingerprint density at radius 3 is 2.83 bits per heavy atom. The largest absolute Gasteiger partial charge is 0.345 e. The highest BCUT2D eigenvalue weighted by atomic mass is 79.9. The number of thioether (sulfide) groups is 1. The fourth-order valence-corrected chi connectivity index (χ4v) is 3.90. The van der Waals surface area contributed by atoms with Crippen LogP contribution in [0.3, 0.4) is 0 Å². The molecule has 1 heterocycles. The van der Waals surface area contributed by atoms with Crippen LogP contribution < -0.4 is 0 Å². The lowest BCUT2D eigenvalue weighted by Gasteiger charge is -2.13. The van der Waals surface area contributed by atoms with Crippen molar-refractivity contribution in [2.75, 3.05) is 5.75 Å². The van der Waals surface area contributed by atoms with E-state index in [4.69, 9.17) is 12.2 Å². The van der Waals surface area contributed by atoms with Crippen LogP contribution in [0.15, 0.2) is 4.47 Å². The first-order chi connectivity index (χ1) is 8.72. The lowest BCUT2D eigenvalue weighted by atomic mass is 10.0. The summed E-state index contributed by atoms with van der Waals surface area (Å²) >= 11 is 10.9. The van der Waals surface area contributed by atoms with Crippen LogP contribution in [-0.2, 0) is 5.75 Å². The molecule has 2 rings (SSSR count). The van der Waals surface area contributed by atoms with Crippen molar-refractivity contribution in [3.8, 4) is 0 Å². The molecule has 0 aromatic carbocycles. The van der Waals surface area contributed by atoms with Crippen LogP contribution >= 0.6 is 39.9 Å². The quantitative estimate of drug-likeness (QED) is 0.586. The summed E-state index contributed by atoms with van der Waals surface area (Å²) in [6.07, 6.45) is 6.42. The molecule has 0 spiro atoms. The molecule has 0 aliphatic heterocycles. The Bertz CT molecular complexity index is 453. The number of nitrogens with zero attached hydrogens (tertiary/aromatic N) is 1. The van der Waals surface area contributed by atoms with Crippen molar-refractivity contribution >= 4 is 39.9 Å². The summed E-state index contributed by atoms with van der Waals surface area (Å²) in [7, 11) is 0. The van der Waals surface area contributed by atoms with E-state index in [9.17, 15) is 0 Å². The van der Waals surface area contributed by atoms with Gasteiger partial charge in [0.05, 0.1) is 10.2 Å². The van der Waals surface area contributed by atoms with Crippen LogP contribution in [0, 0.1) is 4.64 Å². The molecule has 1 aromatic heterocycles. The Morgan fingerprint density at radius 2 is 2.17 bits per heavy atom. The predicted molar refractivity (Wildman–Crippen MR) is 84.8 cm³/mol. The van der Waals surface area contributed by atoms with E-state index in [0.717, 1.165) is 16.0 Å². The lowest BCUT2D eigenvalue weighted by molar-refractivity contribution is 0.682. The molecule has 0 saturated heterocycles. The molecule has 5 heteroatoms. The van der Waals surface area contributed by atoms with Crippen molar-refractivity contribution in [3.05, 3.63) is 20.6 Å². The van der Waals surface area contributed by atoms with Crippen molar-refractivity contribution in [2.24, 2.45) is 0 Å². The number of hydrogen-bond donors (Lipinski definition) is 1. The number of halogens is 1. The van der Waals surface area contributed by atoms with E-state index in [-0.39, 0.29) is 0 Å². The van der Waals surface area contributed by atoms with Gasteiger partial charge in [-0.1, -0.05) is 32.0 Å². The van der Waals surface area contributed by atoms with Gasteiger partial charge in [0.25, 0.3) is 0 Å². The van der Waals surface area contributed by atoms with Gasteiger partial charge in [-0.3, -0.25) is 0 Å². The average molecular weight is 347 g/mol. The smallest absolute Gasteiger partial charge is 0.144 e. The maximum Gasteiger partial charge on any atom is 0.144 e. The van der Waals surface area contributed by atoms with Crippen molar-refractivity contribution in [2.45, 2.75) is 50.7 Å². The first kappa shape index (κ1) is 14.5. The second kappa shape index (κ2) is 7.06. The zero-order valence-electron chi connectivity index (χ0n) is 10.7. The van der Waals surface area contributed by atoms with Crippen LogP contribution in [0.2, 0.25) is 0 Å². The van der Waals surface area contributed by atoms with Gasteiger partial charge in [0.1, 0.15) is 10.5 Å². The highest BCUT2D eigenvalue weighted by Gasteiger charge is 2.21. The van der Waals surface area contributed by atoms with E-state index in [1.54, 1.807) is 0 Å². The van der Waals surface area contributed by atoms with E-state index in [2.05, 4.69) is 32.8 Å². The lowest BCUT2D eigenvalue weighted by Crippen LogP contribution is -2.04. The van der Waals surface area contributed by atoms with Crippen molar-refractivity contribution in [1.29, 1.82) is 0 Å². The first-order valence-electron chi connectivity index (χ1n) is 6.58. The summed E-state index contributed by atoms with van der Waals surface area (Å²) in [6.45, 7) is 2.20. The van der Waals surface area contributed by atoms with Crippen LogP contribution in [0.4, 0.5) is 0 Å². The van der Waals surface area contributed by atoms with Gasteiger partial charge in [-0.2, -0.15) is 11.8 Å². The van der Waals surface area contributed by atoms with Gasteiger partial charge < -0.3 is 4.98 Å². The number of aromatic amines is 1. The van der Waals surface area contributed by atoms with E-state index >= 15 is 0 Å². The number of nitrogens with one attached hydrogen (secondary N) is 1. The molecule has 1 saturated carbocycles. The predicted octanol–water partition coefficient (Wildman–Crippen LogP) is 5.20.